The molecule has 112 valence electrons. The highest BCUT2D eigenvalue weighted by Gasteiger charge is 2.22. The molecule has 1 saturated heterocycles. The minimum Gasteiger partial charge on any atom is -0.342 e. The summed E-state index contributed by atoms with van der Waals surface area (Å²) >= 11 is 7.28. The van der Waals surface area contributed by atoms with E-state index in [1.165, 1.54) is 17.8 Å². The molecule has 1 fully saturated rings. The lowest BCUT2D eigenvalue weighted by Gasteiger charge is -2.21. The van der Waals surface area contributed by atoms with E-state index in [1.54, 1.807) is 0 Å². The van der Waals surface area contributed by atoms with Gasteiger partial charge in [0.05, 0.1) is 18.0 Å². The molecule has 0 aliphatic carbocycles. The molecule has 1 aliphatic rings. The Morgan fingerprint density at radius 1 is 1.50 bits per heavy atom. The monoisotopic (exact) mass is 314 g/mol. The Hall–Kier alpha value is -0.610. The van der Waals surface area contributed by atoms with Crippen LogP contribution in [0.4, 0.5) is 0 Å². The van der Waals surface area contributed by atoms with Crippen molar-refractivity contribution < 1.29 is 4.79 Å². The highest BCUT2D eigenvalue weighted by Crippen LogP contribution is 2.25. The maximum atomic E-state index is 12.4. The van der Waals surface area contributed by atoms with Crippen LogP contribution >= 0.6 is 22.9 Å². The van der Waals surface area contributed by atoms with Crippen molar-refractivity contribution in [1.29, 1.82) is 0 Å². The van der Waals surface area contributed by atoms with Crippen molar-refractivity contribution in [2.45, 2.75) is 45.4 Å². The zero-order valence-corrected chi connectivity index (χ0v) is 13.8. The van der Waals surface area contributed by atoms with Crippen molar-refractivity contribution in [3.63, 3.8) is 0 Å². The minimum atomic E-state index is 0.213. The highest BCUT2D eigenvalue weighted by molar-refractivity contribution is 7.09. The van der Waals surface area contributed by atoms with Gasteiger partial charge >= 0.3 is 0 Å². The van der Waals surface area contributed by atoms with Gasteiger partial charge in [-0.2, -0.15) is 0 Å². The Labute approximate surface area is 130 Å². The predicted octanol–water partition coefficient (Wildman–Crippen LogP) is 3.71. The number of likely N-dealkylation sites (tertiary alicyclic amines) is 1. The van der Waals surface area contributed by atoms with Crippen LogP contribution in [0.5, 0.6) is 0 Å². The molecule has 5 heteroatoms. The van der Waals surface area contributed by atoms with Crippen LogP contribution in [0.15, 0.2) is 5.38 Å². The number of hydrogen-bond acceptors (Lipinski definition) is 3. The minimum absolute atomic E-state index is 0.213. The summed E-state index contributed by atoms with van der Waals surface area (Å²) in [5.41, 5.74) is 0.871. The molecule has 2 heterocycles. The van der Waals surface area contributed by atoms with Gasteiger partial charge in [-0.15, -0.1) is 22.9 Å². The standard InChI is InChI=1S/C15H23ClN2OS/c1-11(2)12-4-3-6-18(7-5-12)15(19)8-14-17-13(9-16)10-20-14/h10-12H,3-9H2,1-2H3. The molecular weight excluding hydrogens is 292 g/mol. The lowest BCUT2D eigenvalue weighted by molar-refractivity contribution is -0.130. The van der Waals surface area contributed by atoms with Gasteiger partial charge in [0, 0.05) is 18.5 Å². The van der Waals surface area contributed by atoms with E-state index >= 15 is 0 Å². The van der Waals surface area contributed by atoms with Gasteiger partial charge in [0.25, 0.3) is 0 Å². The summed E-state index contributed by atoms with van der Waals surface area (Å²) in [4.78, 5) is 18.7. The summed E-state index contributed by atoms with van der Waals surface area (Å²) in [6.45, 7) is 6.36. The number of hydrogen-bond donors (Lipinski definition) is 0. The number of thiazole rings is 1. The van der Waals surface area contributed by atoms with Crippen LogP contribution in [0, 0.1) is 11.8 Å². The molecule has 0 aromatic carbocycles. The fourth-order valence-corrected chi connectivity index (χ4v) is 3.78. The molecule has 1 amide bonds. The number of aromatic nitrogens is 1. The molecule has 1 aromatic heterocycles. The van der Waals surface area contributed by atoms with Crippen molar-refractivity contribution in [3.8, 4) is 0 Å². The SMILES string of the molecule is CC(C)C1CCCN(C(=O)Cc2nc(CCl)cs2)CC1. The van der Waals surface area contributed by atoms with Gasteiger partial charge in [-0.3, -0.25) is 4.79 Å². The Bertz CT molecular complexity index is 447. The van der Waals surface area contributed by atoms with E-state index in [9.17, 15) is 4.79 Å². The highest BCUT2D eigenvalue weighted by atomic mass is 35.5. The third kappa shape index (κ3) is 4.19. The first-order valence-corrected chi connectivity index (χ1v) is 8.78. The third-order valence-corrected chi connectivity index (χ3v) is 5.28. The van der Waals surface area contributed by atoms with Crippen LogP contribution in [-0.4, -0.2) is 28.9 Å². The predicted molar refractivity (Wildman–Crippen MR) is 84.1 cm³/mol. The smallest absolute Gasteiger partial charge is 0.229 e. The van der Waals surface area contributed by atoms with Crippen LogP contribution in [0.1, 0.15) is 43.8 Å². The van der Waals surface area contributed by atoms with Crippen molar-refractivity contribution >= 4 is 28.8 Å². The molecule has 1 aromatic rings. The summed E-state index contributed by atoms with van der Waals surface area (Å²) in [5, 5.41) is 2.82. The fourth-order valence-electron chi connectivity index (χ4n) is 2.77. The number of carbonyl (C=O) groups excluding carboxylic acids is 1. The Morgan fingerprint density at radius 2 is 2.30 bits per heavy atom. The Morgan fingerprint density at radius 3 is 2.95 bits per heavy atom. The molecule has 20 heavy (non-hydrogen) atoms. The van der Waals surface area contributed by atoms with E-state index in [4.69, 9.17) is 11.6 Å². The molecule has 0 saturated carbocycles. The molecular formula is C15H23ClN2OS. The average molecular weight is 315 g/mol. The van der Waals surface area contributed by atoms with E-state index < -0.39 is 0 Å². The lowest BCUT2D eigenvalue weighted by atomic mass is 9.89. The molecule has 0 spiro atoms. The van der Waals surface area contributed by atoms with Crippen molar-refractivity contribution in [2.24, 2.45) is 11.8 Å². The number of carbonyl (C=O) groups is 1. The first-order chi connectivity index (χ1) is 9.60. The third-order valence-electron chi connectivity index (χ3n) is 4.11. The molecule has 0 bridgehead atoms. The topological polar surface area (TPSA) is 33.2 Å². The lowest BCUT2D eigenvalue weighted by Crippen LogP contribution is -2.33. The van der Waals surface area contributed by atoms with Gasteiger partial charge in [0.15, 0.2) is 0 Å². The molecule has 0 radical (unpaired) electrons. The Balaban J connectivity index is 1.89. The summed E-state index contributed by atoms with van der Waals surface area (Å²) < 4.78 is 0. The van der Waals surface area contributed by atoms with E-state index in [2.05, 4.69) is 18.8 Å². The van der Waals surface area contributed by atoms with E-state index in [1.807, 2.05) is 10.3 Å². The number of alkyl halides is 1. The molecule has 0 N–H and O–H groups in total. The van der Waals surface area contributed by atoms with Gasteiger partial charge in [0.1, 0.15) is 5.01 Å². The van der Waals surface area contributed by atoms with Crippen LogP contribution in [0.25, 0.3) is 0 Å². The molecule has 1 unspecified atom stereocenters. The quantitative estimate of drug-likeness (QED) is 0.794. The first kappa shape index (κ1) is 15.8. The number of amides is 1. The number of halogens is 1. The van der Waals surface area contributed by atoms with Gasteiger partial charge in [-0.1, -0.05) is 13.8 Å². The fraction of sp³-hybridized carbons (Fsp3) is 0.733. The average Bonchev–Trinajstić information content (AvgIpc) is 2.72. The number of nitrogens with zero attached hydrogens (tertiary/aromatic N) is 2. The largest absolute Gasteiger partial charge is 0.342 e. The van der Waals surface area contributed by atoms with Gasteiger partial charge in [-0.05, 0) is 31.1 Å². The second-order valence-corrected chi connectivity index (χ2v) is 7.07. The van der Waals surface area contributed by atoms with Gasteiger partial charge in [-0.25, -0.2) is 4.98 Å². The zero-order chi connectivity index (χ0) is 14.5. The molecule has 1 atom stereocenters. The van der Waals surface area contributed by atoms with Gasteiger partial charge in [0.2, 0.25) is 5.91 Å². The number of rotatable bonds is 4. The summed E-state index contributed by atoms with van der Waals surface area (Å²) in [5.74, 6) is 2.11. The zero-order valence-electron chi connectivity index (χ0n) is 12.3. The molecule has 2 rings (SSSR count). The van der Waals surface area contributed by atoms with Crippen LogP contribution in [-0.2, 0) is 17.1 Å². The maximum absolute atomic E-state index is 12.4. The van der Waals surface area contributed by atoms with Crippen LogP contribution < -0.4 is 0 Å². The maximum Gasteiger partial charge on any atom is 0.229 e. The second kappa shape index (κ2) is 7.41. The normalized spacial score (nSPS) is 20.2. The van der Waals surface area contributed by atoms with Crippen LogP contribution in [0.2, 0.25) is 0 Å². The summed E-state index contributed by atoms with van der Waals surface area (Å²) in [7, 11) is 0. The van der Waals surface area contributed by atoms with E-state index in [0.717, 1.165) is 48.5 Å². The second-order valence-electron chi connectivity index (χ2n) is 5.86. The van der Waals surface area contributed by atoms with Crippen molar-refractivity contribution in [1.82, 2.24) is 9.88 Å². The van der Waals surface area contributed by atoms with E-state index in [0.29, 0.717) is 12.3 Å². The molecule has 3 nitrogen and oxygen atoms in total. The molecule has 1 aliphatic heterocycles. The van der Waals surface area contributed by atoms with Crippen molar-refractivity contribution in [2.75, 3.05) is 13.1 Å². The summed E-state index contributed by atoms with van der Waals surface area (Å²) in [6.07, 6.45) is 3.93. The van der Waals surface area contributed by atoms with Crippen LogP contribution in [0.3, 0.4) is 0 Å². The Kier molecular flexibility index (Phi) is 5.85. The summed E-state index contributed by atoms with van der Waals surface area (Å²) in [6, 6.07) is 0. The van der Waals surface area contributed by atoms with Gasteiger partial charge < -0.3 is 4.90 Å². The first-order valence-electron chi connectivity index (χ1n) is 7.37. The van der Waals surface area contributed by atoms with Crippen molar-refractivity contribution in [3.05, 3.63) is 16.1 Å². The van der Waals surface area contributed by atoms with E-state index in [-0.39, 0.29) is 5.91 Å².